The number of hydrogen-bond donors (Lipinski definition) is 2. The Balaban J connectivity index is -0.00000578. The molecule has 0 aromatic rings. The van der Waals surface area contributed by atoms with Gasteiger partial charge in [-0.1, -0.05) is 64.0 Å². The monoisotopic (exact) mass is 565 g/mol. The van der Waals surface area contributed by atoms with Crippen molar-refractivity contribution in [3.63, 3.8) is 0 Å². The van der Waals surface area contributed by atoms with Crippen molar-refractivity contribution in [1.29, 1.82) is 0 Å². The standard InChI is InChI=1S/C24H43NO9S.2Na/c1-2-3-4-11-14-20(26)15-12-9-7-5-6-8-10-13-16-22(27)25-17-18-34-23(28)19-21(24(29)30)35(31,32)33;;/h9,12,20-21,26H,2-8,10-11,13-19H2,1H3,(H,25,27)(H,29,30)(H,31,32,33);;/q;2*+1/p-2. The second-order valence-electron chi connectivity index (χ2n) is 8.54. The molecule has 0 amide bonds. The van der Waals surface area contributed by atoms with Gasteiger partial charge in [-0.2, -0.15) is 8.42 Å². The van der Waals surface area contributed by atoms with E-state index in [0.717, 1.165) is 44.9 Å². The number of esters is 1. The van der Waals surface area contributed by atoms with E-state index in [1.165, 1.54) is 19.3 Å². The molecular formula is C24H41NNa2O9S. The molecule has 0 aliphatic rings. The third-order valence-electron chi connectivity index (χ3n) is 5.34. The van der Waals surface area contributed by atoms with E-state index in [2.05, 4.69) is 28.8 Å². The number of aliphatic hydroxyl groups is 1. The van der Waals surface area contributed by atoms with Gasteiger partial charge >= 0.3 is 65.1 Å². The predicted octanol–water partition coefficient (Wildman–Crippen LogP) is -4.30. The maximum Gasteiger partial charge on any atom is 1.00 e. The number of unbranched alkanes of at least 4 members (excludes halogenated alkanes) is 8. The van der Waals surface area contributed by atoms with E-state index >= 15 is 0 Å². The van der Waals surface area contributed by atoms with Crippen molar-refractivity contribution in [3.8, 4) is 0 Å². The Kier molecular flexibility index (Phi) is 29.4. The number of rotatable bonds is 22. The minimum atomic E-state index is -4.99. The first-order valence-electron chi connectivity index (χ1n) is 12.4. The third-order valence-corrected chi connectivity index (χ3v) is 6.42. The van der Waals surface area contributed by atoms with Crippen molar-refractivity contribution in [3.05, 3.63) is 12.2 Å². The van der Waals surface area contributed by atoms with Crippen LogP contribution >= 0.6 is 0 Å². The topological polar surface area (TPSA) is 176 Å². The van der Waals surface area contributed by atoms with Crippen LogP contribution in [0.5, 0.6) is 0 Å². The molecule has 0 radical (unpaired) electrons. The largest absolute Gasteiger partial charge is 1.00 e. The SMILES string of the molecule is CCCCCCC(O)CC=CCCCCCCCC([O-])=NCCOC(=O)CC(C(=O)[O-])S(=O)(=O)O.[Na+].[Na+]. The number of carboxylic acid groups (broad SMARTS) is 1. The van der Waals surface area contributed by atoms with Gasteiger partial charge in [-0.15, -0.1) is 0 Å². The molecule has 0 aromatic heterocycles. The molecule has 37 heavy (non-hydrogen) atoms. The fraction of sp³-hybridized carbons (Fsp3) is 0.792. The number of carbonyl (C=O) groups is 2. The molecule has 0 fully saturated rings. The summed E-state index contributed by atoms with van der Waals surface area (Å²) in [6, 6.07) is 0. The predicted molar refractivity (Wildman–Crippen MR) is 129 cm³/mol. The van der Waals surface area contributed by atoms with Crippen molar-refractivity contribution in [2.75, 3.05) is 13.2 Å². The van der Waals surface area contributed by atoms with Crippen LogP contribution in [0.4, 0.5) is 0 Å². The first-order valence-corrected chi connectivity index (χ1v) is 13.9. The molecule has 0 saturated heterocycles. The number of aliphatic hydroxyl groups excluding tert-OH is 1. The average Bonchev–Trinajstić information content (AvgIpc) is 2.78. The molecule has 0 spiro atoms. The van der Waals surface area contributed by atoms with Crippen molar-refractivity contribution < 1.29 is 102 Å². The van der Waals surface area contributed by atoms with Gasteiger partial charge in [-0.25, -0.2) is 0 Å². The Morgan fingerprint density at radius 2 is 1.59 bits per heavy atom. The summed E-state index contributed by atoms with van der Waals surface area (Å²) in [5.74, 6) is -3.60. The van der Waals surface area contributed by atoms with Crippen molar-refractivity contribution in [1.82, 2.24) is 0 Å². The second kappa shape index (κ2) is 26.3. The van der Waals surface area contributed by atoms with Crippen LogP contribution in [-0.4, -0.2) is 60.4 Å². The van der Waals surface area contributed by atoms with Crippen LogP contribution in [0.15, 0.2) is 17.1 Å². The molecule has 204 valence electrons. The Hall–Kier alpha value is 0.0200. The van der Waals surface area contributed by atoms with E-state index in [0.29, 0.717) is 12.8 Å². The van der Waals surface area contributed by atoms with E-state index in [9.17, 15) is 33.3 Å². The van der Waals surface area contributed by atoms with Crippen LogP contribution in [0, 0.1) is 0 Å². The molecule has 10 nitrogen and oxygen atoms in total. The summed E-state index contributed by atoms with van der Waals surface area (Å²) in [5, 5.41) is 29.9. The first kappa shape index (κ1) is 41.5. The number of aliphatic imine (C=N–C) groups is 1. The number of carboxylic acids is 1. The number of carbonyl (C=O) groups excluding carboxylic acids is 2. The van der Waals surface area contributed by atoms with E-state index in [1.807, 2.05) is 0 Å². The summed E-state index contributed by atoms with van der Waals surface area (Å²) in [6.45, 7) is 1.75. The van der Waals surface area contributed by atoms with E-state index in [-0.39, 0.29) is 90.7 Å². The van der Waals surface area contributed by atoms with Gasteiger partial charge in [0.25, 0.3) is 10.1 Å². The third kappa shape index (κ3) is 26.0. The second-order valence-corrected chi connectivity index (χ2v) is 10.1. The smallest absolute Gasteiger partial charge is 0.862 e. The van der Waals surface area contributed by atoms with Gasteiger partial charge < -0.3 is 29.8 Å². The summed E-state index contributed by atoms with van der Waals surface area (Å²) in [5.41, 5.74) is 0. The van der Waals surface area contributed by atoms with Crippen molar-refractivity contribution in [2.45, 2.75) is 108 Å². The van der Waals surface area contributed by atoms with Crippen LogP contribution in [0.25, 0.3) is 0 Å². The zero-order chi connectivity index (χ0) is 26.5. The summed E-state index contributed by atoms with van der Waals surface area (Å²) in [6.07, 6.45) is 15.1. The molecule has 0 saturated carbocycles. The van der Waals surface area contributed by atoms with Crippen LogP contribution in [0.3, 0.4) is 0 Å². The van der Waals surface area contributed by atoms with Gasteiger partial charge in [-0.05, 0) is 44.4 Å². The minimum absolute atomic E-state index is 0. The van der Waals surface area contributed by atoms with Gasteiger partial charge in [0.05, 0.1) is 25.0 Å². The van der Waals surface area contributed by atoms with E-state index in [4.69, 9.17) is 4.55 Å². The van der Waals surface area contributed by atoms with Crippen LogP contribution in [0.2, 0.25) is 0 Å². The number of hydrogen-bond acceptors (Lipinski definition) is 9. The summed E-state index contributed by atoms with van der Waals surface area (Å²) >= 11 is 0. The summed E-state index contributed by atoms with van der Waals surface area (Å²) < 4.78 is 35.1. The van der Waals surface area contributed by atoms with Crippen LogP contribution in [0.1, 0.15) is 96.8 Å². The van der Waals surface area contributed by atoms with Gasteiger partial charge in [0.15, 0.2) is 0 Å². The molecule has 13 heteroatoms. The number of allylic oxidation sites excluding steroid dienone is 1. The molecule has 0 aliphatic carbocycles. The molecule has 2 N–H and O–H groups in total. The Morgan fingerprint density at radius 1 is 0.973 bits per heavy atom. The normalized spacial score (nSPS) is 13.4. The maximum atomic E-state index is 11.7. The molecule has 0 rings (SSSR count). The van der Waals surface area contributed by atoms with Gasteiger partial charge in [-0.3, -0.25) is 9.35 Å². The summed E-state index contributed by atoms with van der Waals surface area (Å²) in [4.78, 5) is 25.8. The molecule has 0 aromatic carbocycles. The summed E-state index contributed by atoms with van der Waals surface area (Å²) in [7, 11) is -4.99. The quantitative estimate of drug-likeness (QED) is 0.0250. The fourth-order valence-electron chi connectivity index (χ4n) is 3.29. The van der Waals surface area contributed by atoms with Gasteiger partial charge in [0.2, 0.25) is 0 Å². The Morgan fingerprint density at radius 3 is 2.22 bits per heavy atom. The van der Waals surface area contributed by atoms with Crippen LogP contribution < -0.4 is 69.3 Å². The van der Waals surface area contributed by atoms with Gasteiger partial charge in [0, 0.05) is 0 Å². The Labute approximate surface area is 266 Å². The van der Waals surface area contributed by atoms with Crippen LogP contribution in [-0.2, 0) is 24.4 Å². The molecule has 0 bridgehead atoms. The molecule has 2 atom stereocenters. The molecule has 0 heterocycles. The molecule has 0 aliphatic heterocycles. The zero-order valence-electron chi connectivity index (χ0n) is 22.7. The minimum Gasteiger partial charge on any atom is -0.862 e. The van der Waals surface area contributed by atoms with E-state index in [1.54, 1.807) is 0 Å². The van der Waals surface area contributed by atoms with Crippen molar-refractivity contribution in [2.24, 2.45) is 4.99 Å². The van der Waals surface area contributed by atoms with Crippen molar-refractivity contribution >= 4 is 28.0 Å². The number of nitrogens with zero attached hydrogens (tertiary/aromatic N) is 1. The zero-order valence-corrected chi connectivity index (χ0v) is 27.5. The fourth-order valence-corrected chi connectivity index (χ4v) is 3.88. The maximum absolute atomic E-state index is 11.7. The number of ether oxygens (including phenoxy) is 1. The average molecular weight is 566 g/mol. The first-order chi connectivity index (χ1) is 16.6. The van der Waals surface area contributed by atoms with Gasteiger partial charge in [0.1, 0.15) is 11.9 Å². The molecular weight excluding hydrogens is 524 g/mol. The Bertz CT molecular complexity index is 761. The number of aliphatic carboxylic acids is 1. The van der Waals surface area contributed by atoms with E-state index < -0.39 is 33.7 Å². The molecule has 2 unspecified atom stereocenters.